The molecule has 7 nitrogen and oxygen atoms in total. The fraction of sp³-hybridized carbons (Fsp3) is 0.348. The molecule has 3 saturated heterocycles. The highest BCUT2D eigenvalue weighted by molar-refractivity contribution is 6.31. The van der Waals surface area contributed by atoms with Gasteiger partial charge in [-0.15, -0.1) is 0 Å². The summed E-state index contributed by atoms with van der Waals surface area (Å²) in [6.07, 6.45) is 1.66. The summed E-state index contributed by atoms with van der Waals surface area (Å²) in [7, 11) is 1.56. The number of carbonyl (C=O) groups is 3. The lowest BCUT2D eigenvalue weighted by atomic mass is 9.75. The van der Waals surface area contributed by atoms with Crippen LogP contribution in [0.3, 0.4) is 0 Å². The van der Waals surface area contributed by atoms with Crippen LogP contribution in [0.4, 0.5) is 11.4 Å². The third kappa shape index (κ3) is 2.20. The minimum absolute atomic E-state index is 0.152. The van der Waals surface area contributed by atoms with Gasteiger partial charge >= 0.3 is 0 Å². The molecular formula is C23H20ClN3O4. The van der Waals surface area contributed by atoms with Crippen LogP contribution in [0.2, 0.25) is 5.02 Å². The van der Waals surface area contributed by atoms with Crippen molar-refractivity contribution >= 4 is 40.7 Å². The largest absolute Gasteiger partial charge is 0.497 e. The SMILES string of the molecule is COc1ccc(N2C(=O)[C@H]3[C@@H](C2=O)[C@]2(C(=O)Nc4ccc(Cl)cc42)N2CCC[C@@H]32)cc1. The number of halogens is 1. The standard InChI is InChI=1S/C23H20ClN3O4/c1-31-14-7-5-13(6-8-14)27-20(28)18-17-3-2-10-26(17)23(19(18)21(27)29)15-11-12(24)4-9-16(15)25-22(23)30/h4-9,11,17-19H,2-3,10H2,1H3,(H,25,30)/t17-,18+,19-,23+/m0/s1. The Kier molecular flexibility index (Phi) is 3.83. The maximum Gasteiger partial charge on any atom is 0.250 e. The molecule has 4 aliphatic heterocycles. The van der Waals surface area contributed by atoms with E-state index in [0.717, 1.165) is 12.8 Å². The Morgan fingerprint density at radius 1 is 1.10 bits per heavy atom. The number of benzene rings is 2. The number of hydrogen-bond acceptors (Lipinski definition) is 5. The number of fused-ring (bicyclic) bond motifs is 7. The minimum atomic E-state index is -1.21. The van der Waals surface area contributed by atoms with Crippen molar-refractivity contribution in [3.05, 3.63) is 53.1 Å². The zero-order valence-electron chi connectivity index (χ0n) is 16.8. The number of nitrogens with one attached hydrogen (secondary N) is 1. The van der Waals surface area contributed by atoms with Crippen molar-refractivity contribution in [1.82, 2.24) is 4.90 Å². The van der Waals surface area contributed by atoms with Gasteiger partial charge in [-0.05, 0) is 61.9 Å². The number of anilines is 2. The van der Waals surface area contributed by atoms with E-state index in [9.17, 15) is 14.4 Å². The fourth-order valence-electron chi connectivity index (χ4n) is 6.16. The van der Waals surface area contributed by atoms with E-state index in [2.05, 4.69) is 10.2 Å². The molecule has 1 spiro atoms. The lowest BCUT2D eigenvalue weighted by Gasteiger charge is -2.36. The maximum absolute atomic E-state index is 13.8. The van der Waals surface area contributed by atoms with E-state index in [1.54, 1.807) is 49.6 Å². The van der Waals surface area contributed by atoms with Gasteiger partial charge in [0, 0.05) is 22.3 Å². The molecule has 3 amide bonds. The average Bonchev–Trinajstić information content (AvgIpc) is 3.47. The highest BCUT2D eigenvalue weighted by atomic mass is 35.5. The van der Waals surface area contributed by atoms with E-state index in [4.69, 9.17) is 16.3 Å². The van der Waals surface area contributed by atoms with Crippen molar-refractivity contribution in [3.63, 3.8) is 0 Å². The van der Waals surface area contributed by atoms with Gasteiger partial charge in [0.15, 0.2) is 0 Å². The van der Waals surface area contributed by atoms with E-state index in [1.165, 1.54) is 4.90 Å². The first kappa shape index (κ1) is 18.8. The van der Waals surface area contributed by atoms with Gasteiger partial charge in [0.2, 0.25) is 17.7 Å². The number of rotatable bonds is 2. The second-order valence-electron chi connectivity index (χ2n) is 8.53. The molecule has 4 aliphatic rings. The topological polar surface area (TPSA) is 78.9 Å². The van der Waals surface area contributed by atoms with Crippen molar-refractivity contribution < 1.29 is 19.1 Å². The van der Waals surface area contributed by atoms with Gasteiger partial charge in [0.25, 0.3) is 0 Å². The van der Waals surface area contributed by atoms with Crippen LogP contribution in [-0.2, 0) is 19.9 Å². The fourth-order valence-corrected chi connectivity index (χ4v) is 6.33. The van der Waals surface area contributed by atoms with Crippen LogP contribution >= 0.6 is 11.6 Å². The Morgan fingerprint density at radius 3 is 2.61 bits per heavy atom. The number of carbonyl (C=O) groups excluding carboxylic acids is 3. The smallest absolute Gasteiger partial charge is 0.250 e. The summed E-state index contributed by atoms with van der Waals surface area (Å²) < 4.78 is 5.20. The predicted octanol–water partition coefficient (Wildman–Crippen LogP) is 2.78. The van der Waals surface area contributed by atoms with Gasteiger partial charge in [0.1, 0.15) is 11.3 Å². The van der Waals surface area contributed by atoms with Gasteiger partial charge in [-0.2, -0.15) is 0 Å². The number of methoxy groups -OCH3 is 1. The number of imide groups is 1. The average molecular weight is 438 g/mol. The number of amides is 3. The summed E-state index contributed by atoms with van der Waals surface area (Å²) in [5, 5.41) is 3.45. The highest BCUT2D eigenvalue weighted by Gasteiger charge is 2.74. The molecule has 0 unspecified atom stereocenters. The van der Waals surface area contributed by atoms with Gasteiger partial charge in [0.05, 0.1) is 24.6 Å². The van der Waals surface area contributed by atoms with Crippen molar-refractivity contribution in [2.75, 3.05) is 23.9 Å². The monoisotopic (exact) mass is 437 g/mol. The van der Waals surface area contributed by atoms with Crippen LogP contribution in [0.25, 0.3) is 0 Å². The van der Waals surface area contributed by atoms with Crippen molar-refractivity contribution in [2.24, 2.45) is 11.8 Å². The quantitative estimate of drug-likeness (QED) is 0.731. The Balaban J connectivity index is 1.53. The van der Waals surface area contributed by atoms with Gasteiger partial charge in [-0.25, -0.2) is 4.90 Å². The molecule has 31 heavy (non-hydrogen) atoms. The first-order valence-corrected chi connectivity index (χ1v) is 10.8. The third-order valence-corrected chi connectivity index (χ3v) is 7.52. The summed E-state index contributed by atoms with van der Waals surface area (Å²) in [6, 6.07) is 11.9. The minimum Gasteiger partial charge on any atom is -0.497 e. The van der Waals surface area contributed by atoms with Gasteiger partial charge in [-0.3, -0.25) is 19.3 Å². The van der Waals surface area contributed by atoms with Gasteiger partial charge < -0.3 is 10.1 Å². The lowest BCUT2D eigenvalue weighted by Crippen LogP contribution is -2.54. The van der Waals surface area contributed by atoms with E-state index >= 15 is 0 Å². The Bertz CT molecular complexity index is 1150. The molecule has 4 atom stereocenters. The first-order valence-electron chi connectivity index (χ1n) is 10.4. The Morgan fingerprint density at radius 2 is 1.87 bits per heavy atom. The van der Waals surface area contributed by atoms with Crippen LogP contribution in [0, 0.1) is 11.8 Å². The zero-order chi connectivity index (χ0) is 21.5. The van der Waals surface area contributed by atoms with Crippen LogP contribution in [0.5, 0.6) is 5.75 Å². The molecule has 1 N–H and O–H groups in total. The second kappa shape index (κ2) is 6.31. The molecule has 4 heterocycles. The van der Waals surface area contributed by atoms with E-state index in [1.807, 2.05) is 0 Å². The molecule has 0 aliphatic carbocycles. The van der Waals surface area contributed by atoms with Gasteiger partial charge in [-0.1, -0.05) is 11.6 Å². The maximum atomic E-state index is 13.8. The Hall–Kier alpha value is -2.90. The molecular weight excluding hydrogens is 418 g/mol. The highest BCUT2D eigenvalue weighted by Crippen LogP contribution is 2.60. The second-order valence-corrected chi connectivity index (χ2v) is 8.96. The van der Waals surface area contributed by atoms with Crippen LogP contribution < -0.4 is 15.0 Å². The Labute approximate surface area is 183 Å². The van der Waals surface area contributed by atoms with E-state index in [-0.39, 0.29) is 23.8 Å². The molecule has 158 valence electrons. The molecule has 0 saturated carbocycles. The summed E-state index contributed by atoms with van der Waals surface area (Å²) >= 11 is 6.30. The summed E-state index contributed by atoms with van der Waals surface area (Å²) in [6.45, 7) is 0.667. The number of hydrogen-bond donors (Lipinski definition) is 1. The lowest BCUT2D eigenvalue weighted by molar-refractivity contribution is -0.135. The molecule has 2 aromatic carbocycles. The summed E-state index contributed by atoms with van der Waals surface area (Å²) in [5.41, 5.74) is 0.639. The first-order chi connectivity index (χ1) is 15.0. The molecule has 2 aromatic rings. The normalized spacial score (nSPS) is 31.2. The molecule has 0 bridgehead atoms. The molecule has 3 fully saturated rings. The molecule has 8 heteroatoms. The molecule has 0 aromatic heterocycles. The van der Waals surface area contributed by atoms with E-state index in [0.29, 0.717) is 34.3 Å². The third-order valence-electron chi connectivity index (χ3n) is 7.29. The summed E-state index contributed by atoms with van der Waals surface area (Å²) in [4.78, 5) is 44.3. The van der Waals surface area contributed by atoms with Crippen LogP contribution in [-0.4, -0.2) is 42.3 Å². The van der Waals surface area contributed by atoms with Crippen LogP contribution in [0.15, 0.2) is 42.5 Å². The number of nitrogens with zero attached hydrogens (tertiary/aromatic N) is 2. The summed E-state index contributed by atoms with van der Waals surface area (Å²) in [5.74, 6) is -1.53. The zero-order valence-corrected chi connectivity index (χ0v) is 17.6. The molecule has 6 rings (SSSR count). The van der Waals surface area contributed by atoms with Crippen LogP contribution in [0.1, 0.15) is 18.4 Å². The predicted molar refractivity (Wildman–Crippen MR) is 114 cm³/mol. The van der Waals surface area contributed by atoms with Crippen molar-refractivity contribution in [3.8, 4) is 5.75 Å². The molecule has 0 radical (unpaired) electrons. The van der Waals surface area contributed by atoms with E-state index < -0.39 is 17.4 Å². The van der Waals surface area contributed by atoms with Crippen molar-refractivity contribution in [2.45, 2.75) is 24.4 Å². The van der Waals surface area contributed by atoms with Crippen molar-refractivity contribution in [1.29, 1.82) is 0 Å². The number of ether oxygens (including phenoxy) is 1.